The van der Waals surface area contributed by atoms with Crippen LogP contribution in [-0.2, 0) is 14.4 Å². The molecule has 160 valence electrons. The number of nitrogens with zero attached hydrogens (tertiary/aromatic N) is 1. The fourth-order valence-electron chi connectivity index (χ4n) is 3.68. The van der Waals surface area contributed by atoms with Crippen LogP contribution in [0.4, 0.5) is 0 Å². The van der Waals surface area contributed by atoms with E-state index >= 15 is 0 Å². The number of hydrogen-bond donors (Lipinski definition) is 2. The van der Waals surface area contributed by atoms with Gasteiger partial charge in [0.2, 0.25) is 0 Å². The number of carbonyl (C=O) groups excluding carboxylic acids is 2. The maximum atomic E-state index is 13.0. The number of ketones is 1. The number of unbranched alkanes of at least 4 members (excludes halogenated alkanes) is 2. The van der Waals surface area contributed by atoms with Crippen LogP contribution in [0.2, 0.25) is 0 Å². The van der Waals surface area contributed by atoms with Crippen LogP contribution in [-0.4, -0.2) is 39.3 Å². The molecule has 0 saturated carbocycles. The standard InChI is InChI=1S/C25H25NO5/c27-20(16-15-18-10-4-1-5-11-18)22-23(19-12-6-2-7-13-19)26(25(31)24(22)30)17-9-3-8-14-21(28)29/h1-2,4-7,10-13,15-16,23,30H,3,8-9,14,17H2,(H,28,29)/b16-15+/t23-/m0/s1. The first-order chi connectivity index (χ1) is 15.0. The average molecular weight is 419 g/mol. The Hall–Kier alpha value is -3.67. The fourth-order valence-corrected chi connectivity index (χ4v) is 3.68. The van der Waals surface area contributed by atoms with E-state index in [1.807, 2.05) is 60.7 Å². The Balaban J connectivity index is 1.82. The molecular formula is C25H25NO5. The predicted octanol–water partition coefficient (Wildman–Crippen LogP) is 4.31. The number of aliphatic carboxylic acids is 1. The van der Waals surface area contributed by atoms with Gasteiger partial charge in [-0.15, -0.1) is 0 Å². The first kappa shape index (κ1) is 22.0. The molecule has 2 aromatic carbocycles. The monoisotopic (exact) mass is 419 g/mol. The maximum absolute atomic E-state index is 13.0. The number of benzene rings is 2. The van der Waals surface area contributed by atoms with Crippen LogP contribution in [0.1, 0.15) is 42.9 Å². The number of aliphatic hydroxyl groups excluding tert-OH is 1. The molecule has 0 saturated heterocycles. The molecule has 0 fully saturated rings. The van der Waals surface area contributed by atoms with E-state index in [4.69, 9.17) is 5.11 Å². The van der Waals surface area contributed by atoms with Crippen molar-refractivity contribution in [3.8, 4) is 0 Å². The molecule has 1 heterocycles. The van der Waals surface area contributed by atoms with Gasteiger partial charge in [0.1, 0.15) is 0 Å². The minimum atomic E-state index is -0.850. The molecule has 6 heteroatoms. The van der Waals surface area contributed by atoms with E-state index in [0.29, 0.717) is 25.8 Å². The zero-order valence-electron chi connectivity index (χ0n) is 17.1. The van der Waals surface area contributed by atoms with Gasteiger partial charge in [0, 0.05) is 13.0 Å². The maximum Gasteiger partial charge on any atom is 0.303 e. The Morgan fingerprint density at radius 2 is 1.58 bits per heavy atom. The van der Waals surface area contributed by atoms with Crippen LogP contribution in [0.25, 0.3) is 6.08 Å². The molecule has 0 bridgehead atoms. The summed E-state index contributed by atoms with van der Waals surface area (Å²) >= 11 is 0. The molecule has 1 aliphatic rings. The molecule has 2 N–H and O–H groups in total. The molecule has 3 rings (SSSR count). The molecule has 0 unspecified atom stereocenters. The highest BCUT2D eigenvalue weighted by Crippen LogP contribution is 2.38. The summed E-state index contributed by atoms with van der Waals surface area (Å²) < 4.78 is 0. The second-order valence-electron chi connectivity index (χ2n) is 7.39. The quantitative estimate of drug-likeness (QED) is 0.442. The number of amides is 1. The topological polar surface area (TPSA) is 94.9 Å². The van der Waals surface area contributed by atoms with Gasteiger partial charge in [0.25, 0.3) is 5.91 Å². The molecule has 1 aliphatic heterocycles. The molecule has 0 aliphatic carbocycles. The third-order valence-electron chi connectivity index (χ3n) is 5.20. The Morgan fingerprint density at radius 3 is 2.23 bits per heavy atom. The summed E-state index contributed by atoms with van der Waals surface area (Å²) in [5.41, 5.74) is 1.64. The normalized spacial score (nSPS) is 16.3. The number of hydrogen-bond acceptors (Lipinski definition) is 4. The van der Waals surface area contributed by atoms with Crippen molar-refractivity contribution in [1.82, 2.24) is 4.90 Å². The van der Waals surface area contributed by atoms with Crippen molar-refractivity contribution in [3.63, 3.8) is 0 Å². The SMILES string of the molecule is O=C(O)CCCCCN1C(=O)C(O)=C(C(=O)/C=C/c2ccccc2)[C@@H]1c1ccccc1. The summed E-state index contributed by atoms with van der Waals surface area (Å²) in [7, 11) is 0. The first-order valence-electron chi connectivity index (χ1n) is 10.3. The molecule has 0 spiro atoms. The van der Waals surface area contributed by atoms with Crippen molar-refractivity contribution >= 4 is 23.7 Å². The van der Waals surface area contributed by atoms with Crippen LogP contribution in [0.5, 0.6) is 0 Å². The lowest BCUT2D eigenvalue weighted by Gasteiger charge is -2.26. The van der Waals surface area contributed by atoms with Crippen LogP contribution in [0.3, 0.4) is 0 Å². The molecule has 1 atom stereocenters. The van der Waals surface area contributed by atoms with Gasteiger partial charge in [0.05, 0.1) is 11.6 Å². The van der Waals surface area contributed by atoms with E-state index in [2.05, 4.69) is 0 Å². The predicted molar refractivity (Wildman–Crippen MR) is 117 cm³/mol. The van der Waals surface area contributed by atoms with Gasteiger partial charge in [0.15, 0.2) is 11.5 Å². The van der Waals surface area contributed by atoms with Crippen molar-refractivity contribution in [3.05, 3.63) is 89.2 Å². The second-order valence-corrected chi connectivity index (χ2v) is 7.39. The van der Waals surface area contributed by atoms with Crippen molar-refractivity contribution in [2.24, 2.45) is 0 Å². The van der Waals surface area contributed by atoms with Gasteiger partial charge in [-0.3, -0.25) is 14.4 Å². The van der Waals surface area contributed by atoms with E-state index < -0.39 is 29.5 Å². The van der Waals surface area contributed by atoms with Crippen molar-refractivity contribution in [2.45, 2.75) is 31.7 Å². The Bertz CT molecular complexity index is 995. The van der Waals surface area contributed by atoms with E-state index in [1.165, 1.54) is 11.0 Å². The average Bonchev–Trinajstić information content (AvgIpc) is 3.03. The largest absolute Gasteiger partial charge is 0.503 e. The second kappa shape index (κ2) is 10.4. The highest BCUT2D eigenvalue weighted by Gasteiger charge is 2.42. The Kier molecular flexibility index (Phi) is 7.38. The summed E-state index contributed by atoms with van der Waals surface area (Å²) in [6, 6.07) is 17.8. The number of carboxylic acids is 1. The van der Waals surface area contributed by atoms with E-state index in [-0.39, 0.29) is 12.0 Å². The van der Waals surface area contributed by atoms with Crippen molar-refractivity contribution < 1.29 is 24.6 Å². The lowest BCUT2D eigenvalue weighted by Crippen LogP contribution is -2.32. The molecule has 2 aromatic rings. The zero-order chi connectivity index (χ0) is 22.2. The molecule has 1 amide bonds. The minimum Gasteiger partial charge on any atom is -0.503 e. The lowest BCUT2D eigenvalue weighted by molar-refractivity contribution is -0.137. The van der Waals surface area contributed by atoms with Crippen molar-refractivity contribution in [2.75, 3.05) is 6.54 Å². The summed E-state index contributed by atoms with van der Waals surface area (Å²) in [6.07, 6.45) is 4.84. The number of carboxylic acid groups (broad SMARTS) is 1. The lowest BCUT2D eigenvalue weighted by atomic mass is 9.95. The Labute approximate surface area is 181 Å². The number of carbonyl (C=O) groups is 3. The number of aliphatic hydroxyl groups is 1. The third-order valence-corrected chi connectivity index (χ3v) is 5.20. The van der Waals surface area contributed by atoms with Crippen LogP contribution < -0.4 is 0 Å². The van der Waals surface area contributed by atoms with Crippen LogP contribution in [0.15, 0.2) is 78.1 Å². The molecule has 6 nitrogen and oxygen atoms in total. The summed E-state index contributed by atoms with van der Waals surface area (Å²) in [4.78, 5) is 38.0. The molecular weight excluding hydrogens is 394 g/mol. The van der Waals surface area contributed by atoms with Gasteiger partial charge < -0.3 is 15.1 Å². The van der Waals surface area contributed by atoms with Gasteiger partial charge in [-0.1, -0.05) is 73.2 Å². The molecule has 0 aromatic heterocycles. The van der Waals surface area contributed by atoms with Gasteiger partial charge in [-0.05, 0) is 30.0 Å². The number of rotatable bonds is 10. The van der Waals surface area contributed by atoms with E-state index in [0.717, 1.165) is 11.1 Å². The third kappa shape index (κ3) is 5.48. The summed E-state index contributed by atoms with van der Waals surface area (Å²) in [5.74, 6) is -2.38. The zero-order valence-corrected chi connectivity index (χ0v) is 17.1. The smallest absolute Gasteiger partial charge is 0.303 e. The minimum absolute atomic E-state index is 0.0638. The summed E-state index contributed by atoms with van der Waals surface area (Å²) in [6.45, 7) is 0.321. The highest BCUT2D eigenvalue weighted by molar-refractivity contribution is 6.14. The summed E-state index contributed by atoms with van der Waals surface area (Å²) in [5, 5.41) is 19.3. The first-order valence-corrected chi connectivity index (χ1v) is 10.3. The van der Waals surface area contributed by atoms with E-state index in [9.17, 15) is 19.5 Å². The van der Waals surface area contributed by atoms with E-state index in [1.54, 1.807) is 6.08 Å². The van der Waals surface area contributed by atoms with Crippen molar-refractivity contribution in [1.29, 1.82) is 0 Å². The van der Waals surface area contributed by atoms with Gasteiger partial charge >= 0.3 is 5.97 Å². The van der Waals surface area contributed by atoms with Crippen LogP contribution >= 0.6 is 0 Å². The number of allylic oxidation sites excluding steroid dienone is 1. The Morgan fingerprint density at radius 1 is 0.935 bits per heavy atom. The molecule has 0 radical (unpaired) electrons. The fraction of sp³-hybridized carbons (Fsp3) is 0.240. The van der Waals surface area contributed by atoms with Gasteiger partial charge in [-0.2, -0.15) is 0 Å². The molecule has 31 heavy (non-hydrogen) atoms. The van der Waals surface area contributed by atoms with Crippen LogP contribution in [0, 0.1) is 0 Å². The van der Waals surface area contributed by atoms with Gasteiger partial charge in [-0.25, -0.2) is 0 Å². The highest BCUT2D eigenvalue weighted by atomic mass is 16.4.